The molecule has 0 saturated heterocycles. The van der Waals surface area contributed by atoms with Crippen LogP contribution < -0.4 is 5.32 Å². The van der Waals surface area contributed by atoms with Crippen molar-refractivity contribution in [2.24, 2.45) is 0 Å². The Morgan fingerprint density at radius 2 is 2.36 bits per heavy atom. The molecule has 1 N–H and O–H groups in total. The van der Waals surface area contributed by atoms with Crippen LogP contribution in [0.2, 0.25) is 0 Å². The molecule has 0 fully saturated rings. The number of nitrogens with one attached hydrogen (secondary N) is 1. The van der Waals surface area contributed by atoms with Gasteiger partial charge in [-0.1, -0.05) is 6.08 Å². The average molecular weight is 175 g/mol. The van der Waals surface area contributed by atoms with E-state index in [0.29, 0.717) is 6.04 Å². The van der Waals surface area contributed by atoms with Crippen LogP contribution in [0.1, 0.15) is 13.3 Å². The summed E-state index contributed by atoms with van der Waals surface area (Å²) in [6.45, 7) is 6.63. The zero-order chi connectivity index (χ0) is 8.69. The molecule has 11 heavy (non-hydrogen) atoms. The van der Waals surface area contributed by atoms with Crippen molar-refractivity contribution in [2.45, 2.75) is 19.4 Å². The summed E-state index contributed by atoms with van der Waals surface area (Å²) >= 11 is 0. The second-order valence-corrected chi connectivity index (χ2v) is 4.16. The summed E-state index contributed by atoms with van der Waals surface area (Å²) in [5.41, 5.74) is 0. The second kappa shape index (κ2) is 6.55. The van der Waals surface area contributed by atoms with E-state index in [9.17, 15) is 4.21 Å². The van der Waals surface area contributed by atoms with Gasteiger partial charge in [-0.05, 0) is 19.9 Å². The van der Waals surface area contributed by atoms with Gasteiger partial charge < -0.3 is 5.32 Å². The van der Waals surface area contributed by atoms with Crippen molar-refractivity contribution >= 4 is 10.8 Å². The fraction of sp³-hybridized carbons (Fsp3) is 0.750. The summed E-state index contributed by atoms with van der Waals surface area (Å²) in [5, 5.41) is 3.24. The fourth-order valence-corrected chi connectivity index (χ4v) is 1.24. The Morgan fingerprint density at radius 3 is 2.82 bits per heavy atom. The third kappa shape index (κ3) is 7.75. The zero-order valence-corrected chi connectivity index (χ0v) is 8.12. The van der Waals surface area contributed by atoms with Crippen LogP contribution in [0.25, 0.3) is 0 Å². The normalized spacial score (nSPS) is 15.8. The van der Waals surface area contributed by atoms with Gasteiger partial charge in [0.25, 0.3) is 0 Å². The van der Waals surface area contributed by atoms with Crippen LogP contribution in [0.15, 0.2) is 12.7 Å². The van der Waals surface area contributed by atoms with E-state index in [1.807, 2.05) is 6.08 Å². The molecule has 0 saturated carbocycles. The van der Waals surface area contributed by atoms with Crippen LogP contribution in [0, 0.1) is 0 Å². The van der Waals surface area contributed by atoms with E-state index in [-0.39, 0.29) is 0 Å². The van der Waals surface area contributed by atoms with Crippen LogP contribution in [0.4, 0.5) is 0 Å². The van der Waals surface area contributed by atoms with Gasteiger partial charge in [-0.3, -0.25) is 4.21 Å². The van der Waals surface area contributed by atoms with Crippen molar-refractivity contribution in [3.8, 4) is 0 Å². The molecule has 2 unspecified atom stereocenters. The first kappa shape index (κ1) is 10.8. The number of hydrogen-bond donors (Lipinski definition) is 1. The molecule has 0 rings (SSSR count). The van der Waals surface area contributed by atoms with Crippen LogP contribution in [-0.4, -0.2) is 28.8 Å². The molecule has 0 aliphatic rings. The maximum absolute atomic E-state index is 10.6. The molecular formula is C8H17NOS. The van der Waals surface area contributed by atoms with Crippen molar-refractivity contribution in [3.05, 3.63) is 12.7 Å². The van der Waals surface area contributed by atoms with Gasteiger partial charge in [0.05, 0.1) is 0 Å². The third-order valence-corrected chi connectivity index (χ3v) is 2.29. The molecule has 0 aromatic heterocycles. The van der Waals surface area contributed by atoms with Gasteiger partial charge >= 0.3 is 0 Å². The monoisotopic (exact) mass is 175 g/mol. The van der Waals surface area contributed by atoms with Crippen molar-refractivity contribution in [1.29, 1.82) is 0 Å². The van der Waals surface area contributed by atoms with Crippen molar-refractivity contribution in [2.75, 3.05) is 18.6 Å². The van der Waals surface area contributed by atoms with Gasteiger partial charge in [0.15, 0.2) is 0 Å². The Hall–Kier alpha value is -0.150. The van der Waals surface area contributed by atoms with Gasteiger partial charge in [-0.2, -0.15) is 0 Å². The molecule has 0 radical (unpaired) electrons. The minimum atomic E-state index is -0.648. The number of rotatable bonds is 6. The van der Waals surface area contributed by atoms with E-state index < -0.39 is 10.8 Å². The van der Waals surface area contributed by atoms with Crippen LogP contribution in [-0.2, 0) is 10.8 Å². The highest BCUT2D eigenvalue weighted by atomic mass is 32.2. The Morgan fingerprint density at radius 1 is 1.73 bits per heavy atom. The fourth-order valence-electron chi connectivity index (χ4n) is 0.688. The third-order valence-electron chi connectivity index (χ3n) is 1.43. The van der Waals surface area contributed by atoms with Crippen molar-refractivity contribution in [3.63, 3.8) is 0 Å². The van der Waals surface area contributed by atoms with Gasteiger partial charge in [-0.25, -0.2) is 0 Å². The Balaban J connectivity index is 3.14. The summed E-state index contributed by atoms with van der Waals surface area (Å²) in [6.07, 6.45) is 4.57. The van der Waals surface area contributed by atoms with E-state index in [2.05, 4.69) is 18.8 Å². The lowest BCUT2D eigenvalue weighted by Crippen LogP contribution is -2.25. The molecule has 0 aromatic carbocycles. The van der Waals surface area contributed by atoms with Crippen molar-refractivity contribution < 1.29 is 4.21 Å². The summed E-state index contributed by atoms with van der Waals surface area (Å²) in [6, 6.07) is 0.361. The Bertz CT molecular complexity index is 136. The Labute approximate surface area is 71.5 Å². The minimum Gasteiger partial charge on any atom is -0.311 e. The standard InChI is InChI=1S/C8H17NOS/c1-4-8(2)9-6-5-7-11(3)10/h4,8-9H,1,5-7H2,2-3H3. The van der Waals surface area contributed by atoms with Gasteiger partial charge in [-0.15, -0.1) is 6.58 Å². The molecule has 0 aliphatic carbocycles. The largest absolute Gasteiger partial charge is 0.311 e. The second-order valence-electron chi connectivity index (χ2n) is 2.61. The first-order chi connectivity index (χ1) is 5.16. The maximum Gasteiger partial charge on any atom is 0.0244 e. The van der Waals surface area contributed by atoms with E-state index in [1.54, 1.807) is 6.26 Å². The van der Waals surface area contributed by atoms with Crippen molar-refractivity contribution in [1.82, 2.24) is 5.32 Å². The lowest BCUT2D eigenvalue weighted by atomic mass is 10.3. The van der Waals surface area contributed by atoms with Crippen LogP contribution >= 0.6 is 0 Å². The molecule has 2 atom stereocenters. The van der Waals surface area contributed by atoms with E-state index in [0.717, 1.165) is 18.7 Å². The first-order valence-electron chi connectivity index (χ1n) is 3.82. The van der Waals surface area contributed by atoms with Gasteiger partial charge in [0.1, 0.15) is 0 Å². The highest BCUT2D eigenvalue weighted by Crippen LogP contribution is 1.85. The molecule has 0 aromatic rings. The van der Waals surface area contributed by atoms with E-state index >= 15 is 0 Å². The molecule has 0 spiro atoms. The highest BCUT2D eigenvalue weighted by molar-refractivity contribution is 7.84. The zero-order valence-electron chi connectivity index (χ0n) is 7.30. The van der Waals surface area contributed by atoms with Crippen LogP contribution in [0.5, 0.6) is 0 Å². The number of hydrogen-bond acceptors (Lipinski definition) is 2. The summed E-state index contributed by atoms with van der Waals surface area (Å²) in [5.74, 6) is 0.789. The quantitative estimate of drug-likeness (QED) is 0.480. The Kier molecular flexibility index (Phi) is 6.46. The van der Waals surface area contributed by atoms with Gasteiger partial charge in [0, 0.05) is 28.9 Å². The molecular weight excluding hydrogens is 158 g/mol. The average Bonchev–Trinajstić information content (AvgIpc) is 1.97. The molecule has 0 heterocycles. The molecule has 2 nitrogen and oxygen atoms in total. The molecule has 0 bridgehead atoms. The highest BCUT2D eigenvalue weighted by Gasteiger charge is 1.94. The summed E-state index contributed by atoms with van der Waals surface area (Å²) in [4.78, 5) is 0. The topological polar surface area (TPSA) is 29.1 Å². The molecule has 0 amide bonds. The molecule has 0 aliphatic heterocycles. The van der Waals surface area contributed by atoms with Gasteiger partial charge in [0.2, 0.25) is 0 Å². The minimum absolute atomic E-state index is 0.361. The summed E-state index contributed by atoms with van der Waals surface area (Å²) in [7, 11) is -0.648. The first-order valence-corrected chi connectivity index (χ1v) is 5.55. The smallest absolute Gasteiger partial charge is 0.0244 e. The lowest BCUT2D eigenvalue weighted by Gasteiger charge is -2.07. The summed E-state index contributed by atoms with van der Waals surface area (Å²) < 4.78 is 10.6. The maximum atomic E-state index is 10.6. The predicted molar refractivity (Wildman–Crippen MR) is 51.2 cm³/mol. The van der Waals surface area contributed by atoms with E-state index in [4.69, 9.17) is 0 Å². The molecule has 3 heteroatoms. The van der Waals surface area contributed by atoms with Crippen LogP contribution in [0.3, 0.4) is 0 Å². The lowest BCUT2D eigenvalue weighted by molar-refractivity contribution is 0.622. The predicted octanol–water partition coefficient (Wildman–Crippen LogP) is 0.919. The SMILES string of the molecule is C=CC(C)NCCCS(C)=O. The van der Waals surface area contributed by atoms with E-state index in [1.165, 1.54) is 0 Å². The molecule has 66 valence electrons.